The zero-order valence-electron chi connectivity index (χ0n) is 14.9. The van der Waals surface area contributed by atoms with E-state index >= 15 is 0 Å². The number of rotatable bonds is 5. The third kappa shape index (κ3) is 4.20. The Balaban J connectivity index is 1.52. The van der Waals surface area contributed by atoms with E-state index in [2.05, 4.69) is 5.32 Å². The number of aryl methyl sites for hydroxylation is 1. The third-order valence-corrected chi connectivity index (χ3v) is 6.39. The Hall–Kier alpha value is -2.65. The maximum absolute atomic E-state index is 12.6. The van der Waals surface area contributed by atoms with Gasteiger partial charge in [-0.2, -0.15) is 4.31 Å². The summed E-state index contributed by atoms with van der Waals surface area (Å²) in [6.07, 6.45) is 1.42. The van der Waals surface area contributed by atoms with Crippen molar-refractivity contribution in [3.05, 3.63) is 54.0 Å². The summed E-state index contributed by atoms with van der Waals surface area (Å²) in [6, 6.07) is 9.77. The Labute approximate surface area is 157 Å². The van der Waals surface area contributed by atoms with Crippen molar-refractivity contribution in [2.75, 3.05) is 32.7 Å². The number of piperazine rings is 1. The molecule has 0 saturated carbocycles. The van der Waals surface area contributed by atoms with Gasteiger partial charge in [-0.25, -0.2) is 8.42 Å². The lowest BCUT2D eigenvalue weighted by Crippen LogP contribution is -2.52. The highest BCUT2D eigenvalue weighted by molar-refractivity contribution is 7.89. The molecule has 1 fully saturated rings. The van der Waals surface area contributed by atoms with Gasteiger partial charge in [-0.15, -0.1) is 0 Å². The molecule has 2 heterocycles. The summed E-state index contributed by atoms with van der Waals surface area (Å²) < 4.78 is 31.6. The maximum atomic E-state index is 12.6. The van der Waals surface area contributed by atoms with Gasteiger partial charge in [-0.1, -0.05) is 18.2 Å². The summed E-state index contributed by atoms with van der Waals surface area (Å²) in [5.74, 6) is -0.138. The first-order chi connectivity index (χ1) is 12.9. The average Bonchev–Trinajstić information content (AvgIpc) is 3.12. The van der Waals surface area contributed by atoms with E-state index < -0.39 is 10.0 Å². The molecule has 27 heavy (non-hydrogen) atoms. The lowest BCUT2D eigenvalue weighted by molar-refractivity contribution is -0.131. The summed E-state index contributed by atoms with van der Waals surface area (Å²) >= 11 is 0. The molecular formula is C18H21N3O5S. The topological polar surface area (TPSA) is 99.9 Å². The van der Waals surface area contributed by atoms with Crippen molar-refractivity contribution < 1.29 is 22.4 Å². The number of hydrogen-bond acceptors (Lipinski definition) is 5. The maximum Gasteiger partial charge on any atom is 0.255 e. The van der Waals surface area contributed by atoms with Gasteiger partial charge in [0.15, 0.2) is 0 Å². The van der Waals surface area contributed by atoms with Crippen molar-refractivity contribution in [3.8, 4) is 0 Å². The molecule has 1 aliphatic rings. The summed E-state index contributed by atoms with van der Waals surface area (Å²) in [5.41, 5.74) is 0.390. The summed E-state index contributed by atoms with van der Waals surface area (Å²) in [5, 5.41) is 2.57. The first-order valence-corrected chi connectivity index (χ1v) is 9.99. The minimum atomic E-state index is -3.56. The predicted molar refractivity (Wildman–Crippen MR) is 97.6 cm³/mol. The van der Waals surface area contributed by atoms with Gasteiger partial charge in [0.05, 0.1) is 23.3 Å². The van der Waals surface area contributed by atoms with Gasteiger partial charge in [-0.3, -0.25) is 9.59 Å². The van der Waals surface area contributed by atoms with E-state index in [1.54, 1.807) is 48.2 Å². The fourth-order valence-corrected chi connectivity index (χ4v) is 4.35. The van der Waals surface area contributed by atoms with Crippen LogP contribution in [-0.4, -0.2) is 62.2 Å². The molecule has 2 amide bonds. The summed E-state index contributed by atoms with van der Waals surface area (Å²) in [7, 11) is -3.56. The molecule has 1 saturated heterocycles. The second-order valence-corrected chi connectivity index (χ2v) is 8.11. The number of carbonyl (C=O) groups excluding carboxylic acids is 2. The number of nitrogens with zero attached hydrogens (tertiary/aromatic N) is 2. The van der Waals surface area contributed by atoms with Crippen molar-refractivity contribution in [1.82, 2.24) is 14.5 Å². The van der Waals surface area contributed by atoms with Crippen LogP contribution < -0.4 is 5.32 Å². The molecule has 9 heteroatoms. The van der Waals surface area contributed by atoms with Crippen LogP contribution in [0.25, 0.3) is 0 Å². The first-order valence-electron chi connectivity index (χ1n) is 8.55. The molecule has 1 aliphatic heterocycles. The number of nitrogens with one attached hydrogen (secondary N) is 1. The number of benzene rings is 1. The molecule has 0 atom stereocenters. The molecule has 3 rings (SSSR count). The van der Waals surface area contributed by atoms with Gasteiger partial charge in [0.1, 0.15) is 5.76 Å². The van der Waals surface area contributed by atoms with E-state index in [0.29, 0.717) is 11.3 Å². The van der Waals surface area contributed by atoms with Crippen molar-refractivity contribution in [2.24, 2.45) is 0 Å². The fourth-order valence-electron chi connectivity index (χ4n) is 2.90. The van der Waals surface area contributed by atoms with Crippen molar-refractivity contribution >= 4 is 21.8 Å². The normalized spacial score (nSPS) is 15.5. The Kier molecular flexibility index (Phi) is 5.62. The standard InChI is InChI=1S/C18H21N3O5S/c1-14-16(7-12-26-14)18(23)19-13-17(22)20-8-10-21(11-9-20)27(24,25)15-5-3-2-4-6-15/h2-7,12H,8-11,13H2,1H3,(H,19,23). The van der Waals surface area contributed by atoms with Crippen LogP contribution in [0.2, 0.25) is 0 Å². The van der Waals surface area contributed by atoms with Gasteiger partial charge in [0, 0.05) is 26.2 Å². The molecule has 1 aromatic carbocycles. The Bertz CT molecular complexity index is 915. The number of furan rings is 1. The number of sulfonamides is 1. The molecule has 1 aromatic heterocycles. The van der Waals surface area contributed by atoms with Gasteiger partial charge in [0.25, 0.3) is 5.91 Å². The van der Waals surface area contributed by atoms with Crippen molar-refractivity contribution in [3.63, 3.8) is 0 Å². The average molecular weight is 391 g/mol. The number of hydrogen-bond donors (Lipinski definition) is 1. The zero-order chi connectivity index (χ0) is 19.4. The van der Waals surface area contributed by atoms with Crippen molar-refractivity contribution in [1.29, 1.82) is 0 Å². The van der Waals surface area contributed by atoms with Crippen LogP contribution >= 0.6 is 0 Å². The van der Waals surface area contributed by atoms with E-state index in [1.165, 1.54) is 10.6 Å². The molecule has 144 valence electrons. The second-order valence-electron chi connectivity index (χ2n) is 6.17. The minimum Gasteiger partial charge on any atom is -0.469 e. The lowest BCUT2D eigenvalue weighted by Gasteiger charge is -2.34. The molecular weight excluding hydrogens is 370 g/mol. The van der Waals surface area contributed by atoms with E-state index in [0.717, 1.165) is 0 Å². The van der Waals surface area contributed by atoms with Crippen LogP contribution in [0.15, 0.2) is 52.0 Å². The quantitative estimate of drug-likeness (QED) is 0.815. The first kappa shape index (κ1) is 19.1. The Morgan fingerprint density at radius 3 is 2.33 bits per heavy atom. The third-order valence-electron chi connectivity index (χ3n) is 4.48. The van der Waals surface area contributed by atoms with E-state index in [-0.39, 0.29) is 49.4 Å². The molecule has 0 radical (unpaired) electrons. The van der Waals surface area contributed by atoms with Gasteiger partial charge in [0.2, 0.25) is 15.9 Å². The molecule has 0 bridgehead atoms. The van der Waals surface area contributed by atoms with Crippen molar-refractivity contribution in [2.45, 2.75) is 11.8 Å². The van der Waals surface area contributed by atoms with Crippen LogP contribution in [0.3, 0.4) is 0 Å². The Morgan fingerprint density at radius 1 is 1.07 bits per heavy atom. The smallest absolute Gasteiger partial charge is 0.255 e. The van der Waals surface area contributed by atoms with E-state index in [4.69, 9.17) is 4.42 Å². The van der Waals surface area contributed by atoms with Crippen LogP contribution in [-0.2, 0) is 14.8 Å². The Morgan fingerprint density at radius 2 is 1.74 bits per heavy atom. The highest BCUT2D eigenvalue weighted by Gasteiger charge is 2.30. The van der Waals surface area contributed by atoms with Crippen LogP contribution in [0.5, 0.6) is 0 Å². The van der Waals surface area contributed by atoms with Crippen LogP contribution in [0.4, 0.5) is 0 Å². The number of amides is 2. The number of carbonyl (C=O) groups is 2. The van der Waals surface area contributed by atoms with E-state index in [9.17, 15) is 18.0 Å². The second kappa shape index (κ2) is 7.93. The van der Waals surface area contributed by atoms with Gasteiger partial charge in [-0.05, 0) is 25.1 Å². The summed E-state index contributed by atoms with van der Waals surface area (Å²) in [4.78, 5) is 26.1. The SMILES string of the molecule is Cc1occc1C(=O)NCC(=O)N1CCN(S(=O)(=O)c2ccccc2)CC1. The monoisotopic (exact) mass is 391 g/mol. The fraction of sp³-hybridized carbons (Fsp3) is 0.333. The highest BCUT2D eigenvalue weighted by atomic mass is 32.2. The predicted octanol–water partition coefficient (Wildman–Crippen LogP) is 0.851. The molecule has 0 unspecified atom stereocenters. The molecule has 2 aromatic rings. The molecule has 1 N–H and O–H groups in total. The highest BCUT2D eigenvalue weighted by Crippen LogP contribution is 2.17. The lowest BCUT2D eigenvalue weighted by atomic mass is 10.2. The molecule has 0 aliphatic carbocycles. The molecule has 8 nitrogen and oxygen atoms in total. The van der Waals surface area contributed by atoms with E-state index in [1.807, 2.05) is 0 Å². The van der Waals surface area contributed by atoms with Gasteiger partial charge >= 0.3 is 0 Å². The van der Waals surface area contributed by atoms with Gasteiger partial charge < -0.3 is 14.6 Å². The summed E-state index contributed by atoms with van der Waals surface area (Å²) in [6.45, 7) is 2.53. The molecule has 0 spiro atoms. The minimum absolute atomic E-state index is 0.144. The largest absolute Gasteiger partial charge is 0.469 e. The zero-order valence-corrected chi connectivity index (χ0v) is 15.7. The van der Waals surface area contributed by atoms with Crippen LogP contribution in [0, 0.1) is 6.92 Å². The van der Waals surface area contributed by atoms with Crippen LogP contribution in [0.1, 0.15) is 16.1 Å².